The van der Waals surface area contributed by atoms with Crippen molar-refractivity contribution in [3.8, 4) is 0 Å². The predicted octanol–water partition coefficient (Wildman–Crippen LogP) is 2.60. The number of hydrogen-bond acceptors (Lipinski definition) is 4. The number of fused-ring (bicyclic) bond motifs is 1. The zero-order valence-corrected chi connectivity index (χ0v) is 13.3. The molecule has 2 heterocycles. The molecule has 2 saturated carbocycles. The lowest BCUT2D eigenvalue weighted by molar-refractivity contribution is -0.131. The van der Waals surface area contributed by atoms with Crippen LogP contribution in [0.15, 0.2) is 12.4 Å². The first-order valence-corrected chi connectivity index (χ1v) is 8.68. The monoisotopic (exact) mass is 318 g/mol. The standard InChI is InChI=1S/C17H23FN4O/c18-14-8-19-16(20-9-14)21-17-6-5-13(17)10-22(11-17)15(23)7-12-3-1-2-4-12/h8-9,12-13H,1-7,10-11H2,(H,19,20,21). The molecule has 3 aliphatic rings. The Morgan fingerprint density at radius 3 is 2.70 bits per heavy atom. The number of carbonyl (C=O) groups excluding carboxylic acids is 1. The van der Waals surface area contributed by atoms with E-state index in [1.165, 1.54) is 38.1 Å². The number of nitrogens with zero attached hydrogens (tertiary/aromatic N) is 3. The molecule has 1 aromatic rings. The van der Waals surface area contributed by atoms with Gasteiger partial charge in [0, 0.05) is 25.4 Å². The Morgan fingerprint density at radius 1 is 1.30 bits per heavy atom. The molecule has 1 saturated heterocycles. The van der Waals surface area contributed by atoms with Gasteiger partial charge in [0.25, 0.3) is 0 Å². The zero-order chi connectivity index (χ0) is 15.9. The summed E-state index contributed by atoms with van der Waals surface area (Å²) in [7, 11) is 0. The van der Waals surface area contributed by atoms with Crippen molar-refractivity contribution >= 4 is 11.9 Å². The van der Waals surface area contributed by atoms with Gasteiger partial charge < -0.3 is 10.2 Å². The molecule has 0 aromatic carbocycles. The van der Waals surface area contributed by atoms with Gasteiger partial charge in [-0.15, -0.1) is 0 Å². The van der Waals surface area contributed by atoms with Gasteiger partial charge in [-0.3, -0.25) is 4.79 Å². The summed E-state index contributed by atoms with van der Waals surface area (Å²) in [6.45, 7) is 1.56. The van der Waals surface area contributed by atoms with Crippen LogP contribution >= 0.6 is 0 Å². The maximum Gasteiger partial charge on any atom is 0.223 e. The van der Waals surface area contributed by atoms with Crippen molar-refractivity contribution in [2.45, 2.75) is 50.5 Å². The lowest BCUT2D eigenvalue weighted by atomic mass is 9.69. The largest absolute Gasteiger partial charge is 0.347 e. The van der Waals surface area contributed by atoms with Crippen molar-refractivity contribution in [3.05, 3.63) is 18.2 Å². The topological polar surface area (TPSA) is 58.1 Å². The molecular formula is C17H23FN4O. The van der Waals surface area contributed by atoms with Crippen LogP contribution < -0.4 is 5.32 Å². The minimum absolute atomic E-state index is 0.108. The highest BCUT2D eigenvalue weighted by molar-refractivity contribution is 5.77. The molecule has 0 bridgehead atoms. The molecule has 2 aliphatic carbocycles. The minimum Gasteiger partial charge on any atom is -0.347 e. The number of nitrogens with one attached hydrogen (secondary N) is 1. The summed E-state index contributed by atoms with van der Waals surface area (Å²) < 4.78 is 12.9. The van der Waals surface area contributed by atoms with E-state index in [9.17, 15) is 9.18 Å². The first-order valence-electron chi connectivity index (χ1n) is 8.68. The first kappa shape index (κ1) is 14.8. The molecule has 0 radical (unpaired) electrons. The fourth-order valence-corrected chi connectivity index (χ4v) is 4.43. The predicted molar refractivity (Wildman–Crippen MR) is 84.2 cm³/mol. The molecule has 6 heteroatoms. The maximum absolute atomic E-state index is 12.9. The van der Waals surface area contributed by atoms with Crippen molar-refractivity contribution in [1.29, 1.82) is 0 Å². The van der Waals surface area contributed by atoms with E-state index in [1.54, 1.807) is 0 Å². The van der Waals surface area contributed by atoms with Gasteiger partial charge in [0.05, 0.1) is 17.9 Å². The third-order valence-electron chi connectivity index (χ3n) is 5.91. The number of aromatic nitrogens is 2. The highest BCUT2D eigenvalue weighted by atomic mass is 19.1. The molecule has 1 aromatic heterocycles. The number of rotatable bonds is 4. The number of halogens is 1. The molecule has 3 fully saturated rings. The van der Waals surface area contributed by atoms with E-state index in [1.807, 2.05) is 4.90 Å². The molecule has 1 amide bonds. The highest BCUT2D eigenvalue weighted by Gasteiger charge is 2.54. The van der Waals surface area contributed by atoms with Gasteiger partial charge in [-0.1, -0.05) is 12.8 Å². The molecule has 5 nitrogen and oxygen atoms in total. The van der Waals surface area contributed by atoms with Crippen molar-refractivity contribution in [3.63, 3.8) is 0 Å². The van der Waals surface area contributed by atoms with Crippen LogP contribution in [0.5, 0.6) is 0 Å². The fourth-order valence-electron chi connectivity index (χ4n) is 4.43. The average molecular weight is 318 g/mol. The second kappa shape index (κ2) is 5.73. The third-order valence-corrected chi connectivity index (χ3v) is 5.91. The lowest BCUT2D eigenvalue weighted by Crippen LogP contribution is -2.53. The molecule has 1 aliphatic heterocycles. The first-order chi connectivity index (χ1) is 11.1. The third kappa shape index (κ3) is 2.79. The highest BCUT2D eigenvalue weighted by Crippen LogP contribution is 2.46. The Bertz CT molecular complexity index is 587. The van der Waals surface area contributed by atoms with E-state index >= 15 is 0 Å². The van der Waals surface area contributed by atoms with Gasteiger partial charge >= 0.3 is 0 Å². The van der Waals surface area contributed by atoms with Crippen LogP contribution in [-0.4, -0.2) is 39.4 Å². The average Bonchev–Trinajstić information content (AvgIpc) is 3.11. The molecule has 0 spiro atoms. The summed E-state index contributed by atoms with van der Waals surface area (Å²) in [6.07, 6.45) is 10.2. The van der Waals surface area contributed by atoms with E-state index in [4.69, 9.17) is 0 Å². The van der Waals surface area contributed by atoms with Crippen LogP contribution in [0.3, 0.4) is 0 Å². The maximum atomic E-state index is 12.9. The van der Waals surface area contributed by atoms with Crippen molar-refractivity contribution in [2.24, 2.45) is 11.8 Å². The zero-order valence-electron chi connectivity index (χ0n) is 13.3. The van der Waals surface area contributed by atoms with Gasteiger partial charge in [-0.05, 0) is 31.6 Å². The van der Waals surface area contributed by atoms with Crippen LogP contribution in [0, 0.1) is 17.7 Å². The van der Waals surface area contributed by atoms with Crippen LogP contribution in [-0.2, 0) is 4.79 Å². The Kier molecular flexibility index (Phi) is 3.70. The van der Waals surface area contributed by atoms with Gasteiger partial charge in [-0.25, -0.2) is 14.4 Å². The SMILES string of the molecule is O=C(CC1CCCC1)N1CC2CCC2(Nc2ncc(F)cn2)C1. The van der Waals surface area contributed by atoms with E-state index in [-0.39, 0.29) is 5.54 Å². The van der Waals surface area contributed by atoms with E-state index in [2.05, 4.69) is 15.3 Å². The number of hydrogen-bond donors (Lipinski definition) is 1. The summed E-state index contributed by atoms with van der Waals surface area (Å²) in [4.78, 5) is 22.6. The molecule has 2 unspecified atom stereocenters. The second-order valence-electron chi connectivity index (χ2n) is 7.37. The number of carbonyl (C=O) groups is 1. The minimum atomic E-state index is -0.432. The molecule has 2 atom stereocenters. The molecule has 4 rings (SSSR count). The molecule has 124 valence electrons. The normalized spacial score (nSPS) is 30.1. The van der Waals surface area contributed by atoms with E-state index in [0.717, 1.165) is 25.9 Å². The fraction of sp³-hybridized carbons (Fsp3) is 0.706. The van der Waals surface area contributed by atoms with Crippen LogP contribution in [0.2, 0.25) is 0 Å². The van der Waals surface area contributed by atoms with E-state index < -0.39 is 5.82 Å². The Hall–Kier alpha value is -1.72. The van der Waals surface area contributed by atoms with Crippen LogP contribution in [0.4, 0.5) is 10.3 Å². The van der Waals surface area contributed by atoms with Crippen molar-refractivity contribution in [2.75, 3.05) is 18.4 Å². The van der Waals surface area contributed by atoms with Gasteiger partial charge in [0.15, 0.2) is 5.82 Å². The summed E-state index contributed by atoms with van der Waals surface area (Å²) in [5.41, 5.74) is -0.108. The smallest absolute Gasteiger partial charge is 0.223 e. The van der Waals surface area contributed by atoms with Crippen molar-refractivity contribution < 1.29 is 9.18 Å². The van der Waals surface area contributed by atoms with Gasteiger partial charge in [-0.2, -0.15) is 0 Å². The quantitative estimate of drug-likeness (QED) is 0.927. The molecular weight excluding hydrogens is 295 g/mol. The Balaban J connectivity index is 1.40. The number of amides is 1. The van der Waals surface area contributed by atoms with E-state index in [0.29, 0.717) is 30.1 Å². The summed E-state index contributed by atoms with van der Waals surface area (Å²) in [6, 6.07) is 0. The van der Waals surface area contributed by atoms with Crippen LogP contribution in [0.1, 0.15) is 44.9 Å². The number of likely N-dealkylation sites (tertiary alicyclic amines) is 1. The molecule has 1 N–H and O–H groups in total. The summed E-state index contributed by atoms with van der Waals surface area (Å²) >= 11 is 0. The van der Waals surface area contributed by atoms with Gasteiger partial charge in [0.1, 0.15) is 0 Å². The van der Waals surface area contributed by atoms with Crippen LogP contribution in [0.25, 0.3) is 0 Å². The summed E-state index contributed by atoms with van der Waals surface area (Å²) in [5.74, 6) is 1.38. The number of anilines is 1. The van der Waals surface area contributed by atoms with Gasteiger partial charge in [0.2, 0.25) is 11.9 Å². The molecule has 23 heavy (non-hydrogen) atoms. The Morgan fingerprint density at radius 2 is 2.04 bits per heavy atom. The van der Waals surface area contributed by atoms with Crippen molar-refractivity contribution in [1.82, 2.24) is 14.9 Å². The summed E-state index contributed by atoms with van der Waals surface area (Å²) in [5, 5.41) is 3.38. The Labute approximate surface area is 135 Å². The lowest BCUT2D eigenvalue weighted by Gasteiger charge is -2.44. The second-order valence-corrected chi connectivity index (χ2v) is 7.37.